The van der Waals surface area contributed by atoms with Crippen molar-refractivity contribution in [2.75, 3.05) is 5.32 Å². The number of carboxylic acid groups (broad SMARTS) is 1. The summed E-state index contributed by atoms with van der Waals surface area (Å²) >= 11 is 3.38. The smallest absolute Gasteiger partial charge is 0.319 e. The van der Waals surface area contributed by atoms with E-state index in [9.17, 15) is 9.59 Å². The number of urea groups is 1. The number of hydrogen-bond acceptors (Lipinski definition) is 2. The van der Waals surface area contributed by atoms with E-state index in [1.807, 2.05) is 25.1 Å². The van der Waals surface area contributed by atoms with Gasteiger partial charge in [-0.05, 0) is 43.5 Å². The molecule has 1 fully saturated rings. The first kappa shape index (κ1) is 15.8. The van der Waals surface area contributed by atoms with Crippen LogP contribution in [0.5, 0.6) is 0 Å². The van der Waals surface area contributed by atoms with Crippen LogP contribution in [-0.2, 0) is 4.79 Å². The first-order valence-corrected chi connectivity index (χ1v) is 7.77. The normalized spacial score (nSPS) is 16.5. The van der Waals surface area contributed by atoms with Crippen LogP contribution in [0.15, 0.2) is 22.7 Å². The first-order chi connectivity index (χ1) is 9.90. The number of carboxylic acids is 1. The Kier molecular flexibility index (Phi) is 4.88. The zero-order valence-corrected chi connectivity index (χ0v) is 13.5. The lowest BCUT2D eigenvalue weighted by Crippen LogP contribution is -2.49. The van der Waals surface area contributed by atoms with Gasteiger partial charge >= 0.3 is 12.0 Å². The van der Waals surface area contributed by atoms with Crippen LogP contribution in [0, 0.1) is 6.92 Å². The van der Waals surface area contributed by atoms with Gasteiger partial charge < -0.3 is 15.7 Å². The Bertz CT molecular complexity index is 554. The molecule has 114 valence electrons. The number of carbonyl (C=O) groups excluding carboxylic acids is 1. The van der Waals surface area contributed by atoms with E-state index in [-0.39, 0.29) is 12.5 Å². The maximum Gasteiger partial charge on any atom is 0.319 e. The van der Waals surface area contributed by atoms with Crippen molar-refractivity contribution in [2.24, 2.45) is 0 Å². The van der Waals surface area contributed by atoms with Crippen molar-refractivity contribution in [2.45, 2.75) is 44.6 Å². The number of hydrogen-bond donors (Lipinski definition) is 3. The standard InChI is InChI=1S/C15H19BrN2O3/c1-10-8-11(16)4-5-12(10)17-14(21)18-15(9-13(19)20)6-2-3-7-15/h4-5,8H,2-3,6-7,9H2,1H3,(H,19,20)(H2,17,18,21). The molecule has 0 heterocycles. The molecule has 1 aromatic carbocycles. The molecular weight excluding hydrogens is 336 g/mol. The van der Waals surface area contributed by atoms with Crippen molar-refractivity contribution in [3.8, 4) is 0 Å². The summed E-state index contributed by atoms with van der Waals surface area (Å²) in [6, 6.07) is 5.24. The van der Waals surface area contributed by atoms with E-state index >= 15 is 0 Å². The lowest BCUT2D eigenvalue weighted by molar-refractivity contribution is -0.138. The molecule has 1 aliphatic carbocycles. The number of carbonyl (C=O) groups is 2. The van der Waals surface area contributed by atoms with Gasteiger partial charge in [0, 0.05) is 10.2 Å². The molecule has 5 nitrogen and oxygen atoms in total. The molecule has 21 heavy (non-hydrogen) atoms. The van der Waals surface area contributed by atoms with E-state index in [1.165, 1.54) is 0 Å². The zero-order valence-electron chi connectivity index (χ0n) is 11.9. The SMILES string of the molecule is Cc1cc(Br)ccc1NC(=O)NC1(CC(=O)O)CCCC1. The molecule has 3 N–H and O–H groups in total. The fraction of sp³-hybridized carbons (Fsp3) is 0.467. The molecule has 0 radical (unpaired) electrons. The van der Waals surface area contributed by atoms with Gasteiger partial charge in [0.05, 0.1) is 12.0 Å². The molecule has 0 aliphatic heterocycles. The number of amides is 2. The van der Waals surface area contributed by atoms with Gasteiger partial charge in [-0.1, -0.05) is 28.8 Å². The van der Waals surface area contributed by atoms with Crippen LogP contribution in [0.1, 0.15) is 37.7 Å². The molecule has 1 aromatic rings. The molecule has 2 amide bonds. The number of halogens is 1. The van der Waals surface area contributed by atoms with Crippen LogP contribution < -0.4 is 10.6 Å². The van der Waals surface area contributed by atoms with Crippen molar-refractivity contribution >= 4 is 33.6 Å². The monoisotopic (exact) mass is 354 g/mol. The Morgan fingerprint density at radius 3 is 2.57 bits per heavy atom. The van der Waals surface area contributed by atoms with Crippen molar-refractivity contribution in [3.63, 3.8) is 0 Å². The van der Waals surface area contributed by atoms with E-state index in [4.69, 9.17) is 5.11 Å². The Labute approximate surface area is 132 Å². The number of aryl methyl sites for hydroxylation is 1. The first-order valence-electron chi connectivity index (χ1n) is 6.97. The number of anilines is 1. The summed E-state index contributed by atoms with van der Waals surface area (Å²) < 4.78 is 0.948. The van der Waals surface area contributed by atoms with Crippen LogP contribution in [0.4, 0.5) is 10.5 Å². The van der Waals surface area contributed by atoms with Gasteiger partial charge in [0.25, 0.3) is 0 Å². The Balaban J connectivity index is 2.04. The third-order valence-electron chi connectivity index (χ3n) is 3.87. The van der Waals surface area contributed by atoms with Gasteiger partial charge in [-0.15, -0.1) is 0 Å². The molecule has 0 aromatic heterocycles. The fourth-order valence-electron chi connectivity index (χ4n) is 2.85. The van der Waals surface area contributed by atoms with Gasteiger partial charge in [0.2, 0.25) is 0 Å². The molecule has 0 unspecified atom stereocenters. The minimum atomic E-state index is -0.878. The molecule has 0 atom stereocenters. The summed E-state index contributed by atoms with van der Waals surface area (Å²) in [4.78, 5) is 23.2. The van der Waals surface area contributed by atoms with E-state index in [0.29, 0.717) is 12.8 Å². The van der Waals surface area contributed by atoms with Crippen molar-refractivity contribution < 1.29 is 14.7 Å². The molecule has 0 saturated heterocycles. The molecule has 0 spiro atoms. The fourth-order valence-corrected chi connectivity index (χ4v) is 3.32. The third-order valence-corrected chi connectivity index (χ3v) is 4.36. The zero-order chi connectivity index (χ0) is 15.5. The summed E-state index contributed by atoms with van der Waals surface area (Å²) in [7, 11) is 0. The highest BCUT2D eigenvalue weighted by atomic mass is 79.9. The highest BCUT2D eigenvalue weighted by Gasteiger charge is 2.37. The molecule has 2 rings (SSSR count). The van der Waals surface area contributed by atoms with Crippen molar-refractivity contribution in [1.82, 2.24) is 5.32 Å². The van der Waals surface area contributed by atoms with E-state index in [2.05, 4.69) is 26.6 Å². The number of aliphatic carboxylic acids is 1. The lowest BCUT2D eigenvalue weighted by atomic mass is 9.93. The predicted octanol–water partition coefficient (Wildman–Crippen LogP) is 3.67. The van der Waals surface area contributed by atoms with Crippen LogP contribution >= 0.6 is 15.9 Å². The van der Waals surface area contributed by atoms with E-state index in [1.54, 1.807) is 0 Å². The summed E-state index contributed by atoms with van der Waals surface area (Å²) in [5, 5.41) is 14.7. The summed E-state index contributed by atoms with van der Waals surface area (Å²) in [6.07, 6.45) is 3.30. The summed E-state index contributed by atoms with van der Waals surface area (Å²) in [5.74, 6) is -0.878. The molecular formula is C15H19BrN2O3. The molecule has 1 aliphatic rings. The largest absolute Gasteiger partial charge is 0.481 e. The highest BCUT2D eigenvalue weighted by Crippen LogP contribution is 2.32. The minimum absolute atomic E-state index is 0.0280. The average molecular weight is 355 g/mol. The topological polar surface area (TPSA) is 78.4 Å². The van der Waals surface area contributed by atoms with Gasteiger partial charge in [0.1, 0.15) is 0 Å². The molecule has 6 heteroatoms. The second kappa shape index (κ2) is 6.47. The van der Waals surface area contributed by atoms with Crippen LogP contribution in [-0.4, -0.2) is 22.6 Å². The van der Waals surface area contributed by atoms with Crippen molar-refractivity contribution in [3.05, 3.63) is 28.2 Å². The van der Waals surface area contributed by atoms with Crippen LogP contribution in [0.3, 0.4) is 0 Å². The Morgan fingerprint density at radius 2 is 2.00 bits per heavy atom. The predicted molar refractivity (Wildman–Crippen MR) is 84.5 cm³/mol. The van der Waals surface area contributed by atoms with Crippen LogP contribution in [0.2, 0.25) is 0 Å². The molecule has 1 saturated carbocycles. The maximum atomic E-state index is 12.2. The summed E-state index contributed by atoms with van der Waals surface area (Å²) in [5.41, 5.74) is 1.05. The van der Waals surface area contributed by atoms with Gasteiger partial charge in [-0.3, -0.25) is 4.79 Å². The second-order valence-electron chi connectivity index (χ2n) is 5.60. The average Bonchev–Trinajstić information content (AvgIpc) is 2.80. The van der Waals surface area contributed by atoms with Crippen molar-refractivity contribution in [1.29, 1.82) is 0 Å². The Morgan fingerprint density at radius 1 is 1.33 bits per heavy atom. The van der Waals surface area contributed by atoms with Gasteiger partial charge in [-0.2, -0.15) is 0 Å². The lowest BCUT2D eigenvalue weighted by Gasteiger charge is -2.28. The Hall–Kier alpha value is -1.56. The third kappa shape index (κ3) is 4.20. The van der Waals surface area contributed by atoms with Crippen LogP contribution in [0.25, 0.3) is 0 Å². The van der Waals surface area contributed by atoms with Gasteiger partial charge in [0.15, 0.2) is 0 Å². The quantitative estimate of drug-likeness (QED) is 0.771. The summed E-state index contributed by atoms with van der Waals surface area (Å²) in [6.45, 7) is 1.91. The maximum absolute atomic E-state index is 12.2. The van der Waals surface area contributed by atoms with Gasteiger partial charge in [-0.25, -0.2) is 4.79 Å². The van der Waals surface area contributed by atoms with E-state index in [0.717, 1.165) is 28.6 Å². The number of nitrogens with one attached hydrogen (secondary N) is 2. The molecule has 0 bridgehead atoms. The number of rotatable bonds is 4. The number of benzene rings is 1. The van der Waals surface area contributed by atoms with E-state index < -0.39 is 11.5 Å². The highest BCUT2D eigenvalue weighted by molar-refractivity contribution is 9.10. The minimum Gasteiger partial charge on any atom is -0.481 e. The second-order valence-corrected chi connectivity index (χ2v) is 6.51.